The molecule has 0 aliphatic carbocycles. The van der Waals surface area contributed by atoms with E-state index in [-0.39, 0.29) is 22.8 Å². The summed E-state index contributed by atoms with van der Waals surface area (Å²) in [5.74, 6) is -0.537. The zero-order valence-electron chi connectivity index (χ0n) is 11.7. The van der Waals surface area contributed by atoms with Crippen molar-refractivity contribution in [3.8, 4) is 0 Å². The van der Waals surface area contributed by atoms with Gasteiger partial charge < -0.3 is 4.57 Å². The second kappa shape index (κ2) is 4.09. The smallest absolute Gasteiger partial charge is 0.228 e. The molecule has 1 aliphatic heterocycles. The normalized spacial score (nSPS) is 25.5. The van der Waals surface area contributed by atoms with Gasteiger partial charge in [-0.2, -0.15) is 0 Å². The zero-order chi connectivity index (χ0) is 13.6. The standard InChI is InChI=1S/C13H23NO2Si/c1-8-10-11(9(2)15)12(16)14(10)17(6,7)13(3,4)5/h8,10-11H,1H2,2-7H3. The first kappa shape index (κ1) is 14.2. The van der Waals surface area contributed by atoms with E-state index in [4.69, 9.17) is 0 Å². The third-order valence-corrected chi connectivity index (χ3v) is 9.65. The molecular formula is C13H23NO2Si. The lowest BCUT2D eigenvalue weighted by molar-refractivity contribution is -0.151. The lowest BCUT2D eigenvalue weighted by Crippen LogP contribution is -2.73. The molecule has 3 nitrogen and oxygen atoms in total. The maximum Gasteiger partial charge on any atom is 0.228 e. The van der Waals surface area contributed by atoms with Gasteiger partial charge in [-0.25, -0.2) is 0 Å². The van der Waals surface area contributed by atoms with Crippen LogP contribution in [0.3, 0.4) is 0 Å². The highest BCUT2D eigenvalue weighted by molar-refractivity contribution is 6.80. The lowest BCUT2D eigenvalue weighted by atomic mass is 9.87. The summed E-state index contributed by atoms with van der Waals surface area (Å²) < 4.78 is 1.94. The Bertz CT molecular complexity index is 368. The Morgan fingerprint density at radius 2 is 1.88 bits per heavy atom. The maximum absolute atomic E-state index is 12.2. The van der Waals surface area contributed by atoms with Gasteiger partial charge in [0.1, 0.15) is 11.7 Å². The fourth-order valence-corrected chi connectivity index (χ4v) is 4.59. The highest BCUT2D eigenvalue weighted by atomic mass is 28.3. The monoisotopic (exact) mass is 253 g/mol. The Hall–Kier alpha value is -0.903. The summed E-state index contributed by atoms with van der Waals surface area (Å²) in [6.45, 7) is 16.1. The summed E-state index contributed by atoms with van der Waals surface area (Å²) in [6.07, 6.45) is 1.74. The van der Waals surface area contributed by atoms with Crippen LogP contribution < -0.4 is 0 Å². The van der Waals surface area contributed by atoms with Gasteiger partial charge in [0.05, 0.1) is 6.04 Å². The summed E-state index contributed by atoms with van der Waals surface area (Å²) in [5.41, 5.74) is 0. The average Bonchev–Trinajstić information content (AvgIpc) is 2.10. The number of carbonyl (C=O) groups is 2. The van der Waals surface area contributed by atoms with E-state index in [2.05, 4.69) is 40.4 Å². The number of hydrogen-bond donors (Lipinski definition) is 0. The largest absolute Gasteiger partial charge is 0.361 e. The molecule has 1 saturated heterocycles. The second-order valence-corrected chi connectivity index (χ2v) is 11.4. The van der Waals surface area contributed by atoms with Crippen LogP contribution in [-0.2, 0) is 9.59 Å². The van der Waals surface area contributed by atoms with Crippen molar-refractivity contribution in [2.45, 2.75) is 51.9 Å². The summed E-state index contributed by atoms with van der Waals surface area (Å²) in [5, 5.41) is 0.0890. The Morgan fingerprint density at radius 3 is 2.18 bits per heavy atom. The zero-order valence-corrected chi connectivity index (χ0v) is 12.7. The first-order chi connectivity index (χ1) is 7.55. The van der Waals surface area contributed by atoms with Gasteiger partial charge in [-0.15, -0.1) is 6.58 Å². The van der Waals surface area contributed by atoms with E-state index in [9.17, 15) is 9.59 Å². The van der Waals surface area contributed by atoms with Gasteiger partial charge in [0, 0.05) is 0 Å². The topological polar surface area (TPSA) is 37.4 Å². The molecule has 2 unspecified atom stereocenters. The molecule has 1 aliphatic rings. The van der Waals surface area contributed by atoms with Crippen molar-refractivity contribution in [2.24, 2.45) is 5.92 Å². The van der Waals surface area contributed by atoms with Gasteiger partial charge >= 0.3 is 0 Å². The Morgan fingerprint density at radius 1 is 1.41 bits per heavy atom. The number of hydrogen-bond acceptors (Lipinski definition) is 2. The number of amides is 1. The van der Waals surface area contributed by atoms with E-state index in [0.29, 0.717) is 0 Å². The van der Waals surface area contributed by atoms with Crippen molar-refractivity contribution >= 4 is 19.9 Å². The fraction of sp³-hybridized carbons (Fsp3) is 0.692. The van der Waals surface area contributed by atoms with E-state index < -0.39 is 14.2 Å². The minimum absolute atomic E-state index is 0.00556. The average molecular weight is 253 g/mol. The van der Waals surface area contributed by atoms with Crippen LogP contribution in [0.2, 0.25) is 18.1 Å². The predicted octanol–water partition coefficient (Wildman–Crippen LogP) is 2.59. The quantitative estimate of drug-likeness (QED) is 0.335. The third-order valence-electron chi connectivity index (χ3n) is 4.26. The Balaban J connectivity index is 3.06. The number of nitrogens with zero attached hydrogens (tertiary/aromatic N) is 1. The first-order valence-corrected chi connectivity index (χ1v) is 8.96. The molecule has 1 rings (SSSR count). The highest BCUT2D eigenvalue weighted by Gasteiger charge is 2.57. The van der Waals surface area contributed by atoms with Crippen LogP contribution in [0, 0.1) is 5.92 Å². The van der Waals surface area contributed by atoms with E-state index in [1.165, 1.54) is 6.92 Å². The molecule has 4 heteroatoms. The van der Waals surface area contributed by atoms with Gasteiger partial charge in [-0.3, -0.25) is 9.59 Å². The van der Waals surface area contributed by atoms with Gasteiger partial charge in [0.2, 0.25) is 5.91 Å². The van der Waals surface area contributed by atoms with Crippen molar-refractivity contribution in [1.29, 1.82) is 0 Å². The molecule has 0 saturated carbocycles. The van der Waals surface area contributed by atoms with Crippen LogP contribution in [0.5, 0.6) is 0 Å². The SMILES string of the molecule is C=CC1C(C(C)=O)C(=O)N1[Si](C)(C)C(C)(C)C. The van der Waals surface area contributed by atoms with E-state index in [0.717, 1.165) is 0 Å². The third kappa shape index (κ3) is 1.99. The highest BCUT2D eigenvalue weighted by Crippen LogP contribution is 2.45. The van der Waals surface area contributed by atoms with Gasteiger partial charge in [0.15, 0.2) is 8.24 Å². The fourth-order valence-electron chi connectivity index (χ4n) is 2.18. The van der Waals surface area contributed by atoms with Crippen molar-refractivity contribution in [2.75, 3.05) is 0 Å². The van der Waals surface area contributed by atoms with E-state index in [1.54, 1.807) is 6.08 Å². The van der Waals surface area contributed by atoms with E-state index >= 15 is 0 Å². The number of ketones is 1. The molecule has 1 heterocycles. The summed E-state index contributed by atoms with van der Waals surface area (Å²) in [6, 6.07) is -0.0964. The summed E-state index contributed by atoms with van der Waals surface area (Å²) in [4.78, 5) is 23.6. The lowest BCUT2D eigenvalue weighted by Gasteiger charge is -2.57. The predicted molar refractivity (Wildman–Crippen MR) is 72.2 cm³/mol. The minimum Gasteiger partial charge on any atom is -0.361 e. The molecule has 0 aromatic carbocycles. The Labute approximate surface area is 105 Å². The van der Waals surface area contributed by atoms with Gasteiger partial charge in [0.25, 0.3) is 0 Å². The molecule has 1 amide bonds. The molecule has 0 radical (unpaired) electrons. The molecule has 0 spiro atoms. The van der Waals surface area contributed by atoms with Crippen LogP contribution >= 0.6 is 0 Å². The van der Waals surface area contributed by atoms with Crippen LogP contribution in [0.4, 0.5) is 0 Å². The van der Waals surface area contributed by atoms with E-state index in [1.807, 2.05) is 4.57 Å². The van der Waals surface area contributed by atoms with Crippen molar-refractivity contribution in [1.82, 2.24) is 4.57 Å². The summed E-state index contributed by atoms with van der Waals surface area (Å²) >= 11 is 0. The molecule has 96 valence electrons. The summed E-state index contributed by atoms with van der Waals surface area (Å²) in [7, 11) is -1.90. The molecule has 0 aromatic heterocycles. The first-order valence-electron chi connectivity index (χ1n) is 6.02. The van der Waals surface area contributed by atoms with Gasteiger partial charge in [-0.1, -0.05) is 39.9 Å². The molecule has 0 aromatic rings. The van der Waals surface area contributed by atoms with Crippen molar-refractivity contribution in [3.05, 3.63) is 12.7 Å². The number of carbonyl (C=O) groups excluding carboxylic acids is 2. The van der Waals surface area contributed by atoms with Crippen LogP contribution in [0.15, 0.2) is 12.7 Å². The second-order valence-electron chi connectivity index (χ2n) is 6.33. The number of rotatable bonds is 3. The Kier molecular flexibility index (Phi) is 3.40. The minimum atomic E-state index is -1.90. The number of β-lactam (4-membered cyclic amide) rings is 1. The maximum atomic E-state index is 12.2. The van der Waals surface area contributed by atoms with Crippen molar-refractivity contribution < 1.29 is 9.59 Å². The van der Waals surface area contributed by atoms with Crippen molar-refractivity contribution in [3.63, 3.8) is 0 Å². The molecule has 2 atom stereocenters. The molecular weight excluding hydrogens is 230 g/mol. The number of Topliss-reactive ketones (excluding diaryl/α,β-unsaturated/α-hetero) is 1. The molecule has 1 fully saturated rings. The van der Waals surface area contributed by atoms with Crippen LogP contribution in [0.25, 0.3) is 0 Å². The van der Waals surface area contributed by atoms with Crippen LogP contribution in [0.1, 0.15) is 27.7 Å². The van der Waals surface area contributed by atoms with Gasteiger partial charge in [-0.05, 0) is 12.0 Å². The molecule has 17 heavy (non-hydrogen) atoms. The van der Waals surface area contributed by atoms with Crippen LogP contribution in [-0.4, -0.2) is 30.5 Å². The molecule has 0 bridgehead atoms. The molecule has 0 N–H and O–H groups in total.